The quantitative estimate of drug-likeness (QED) is 0.437. The molecule has 1 aliphatic rings. The van der Waals surface area contributed by atoms with Crippen LogP contribution in [0, 0.1) is 17.0 Å². The van der Waals surface area contributed by atoms with Crippen LogP contribution in [0.25, 0.3) is 0 Å². The Kier molecular flexibility index (Phi) is 11.2. The molecule has 1 heterocycles. The van der Waals surface area contributed by atoms with Crippen LogP contribution >= 0.6 is 24.8 Å². The van der Waals surface area contributed by atoms with Gasteiger partial charge in [0.1, 0.15) is 0 Å². The highest BCUT2D eigenvalue weighted by molar-refractivity contribution is 5.85. The first-order chi connectivity index (χ1) is 10.6. The lowest BCUT2D eigenvalue weighted by Gasteiger charge is -2.35. The van der Waals surface area contributed by atoms with Crippen LogP contribution in [0.1, 0.15) is 49.8 Å². The van der Waals surface area contributed by atoms with E-state index in [-0.39, 0.29) is 35.4 Å². The number of unbranched alkanes of at least 4 members (excludes halogenated alkanes) is 2. The van der Waals surface area contributed by atoms with E-state index in [4.69, 9.17) is 0 Å². The Morgan fingerprint density at radius 2 is 1.92 bits per heavy atom. The topological polar surface area (TPSA) is 58.4 Å². The molecule has 138 valence electrons. The van der Waals surface area contributed by atoms with Gasteiger partial charge < -0.3 is 5.32 Å². The van der Waals surface area contributed by atoms with E-state index in [2.05, 4.69) is 23.2 Å². The molecule has 24 heavy (non-hydrogen) atoms. The molecule has 1 aliphatic heterocycles. The first-order valence-corrected chi connectivity index (χ1v) is 8.33. The third kappa shape index (κ3) is 6.20. The summed E-state index contributed by atoms with van der Waals surface area (Å²) < 4.78 is 0. The molecular formula is C17H29Cl2N3O2. The van der Waals surface area contributed by atoms with Crippen LogP contribution in [0.5, 0.6) is 0 Å². The molecule has 1 N–H and O–H groups in total. The molecule has 0 saturated carbocycles. The number of nitrogens with zero attached hydrogens (tertiary/aromatic N) is 2. The van der Waals surface area contributed by atoms with E-state index in [0.29, 0.717) is 6.04 Å². The Bertz CT molecular complexity index is 509. The minimum atomic E-state index is -0.264. The van der Waals surface area contributed by atoms with Crippen molar-refractivity contribution in [2.24, 2.45) is 0 Å². The van der Waals surface area contributed by atoms with Crippen molar-refractivity contribution in [2.45, 2.75) is 45.6 Å². The number of nitrogens with one attached hydrogen (secondary N) is 1. The van der Waals surface area contributed by atoms with Gasteiger partial charge in [-0.15, -0.1) is 24.8 Å². The van der Waals surface area contributed by atoms with Gasteiger partial charge >= 0.3 is 0 Å². The maximum absolute atomic E-state index is 11.2. The molecule has 0 spiro atoms. The largest absolute Gasteiger partial charge is 0.314 e. The SMILES string of the molecule is CCCCC[C@H](c1ccc(C)c([N+](=O)[O-])c1)N1CCNCC1.Cl.Cl. The Hall–Kier alpha value is -0.880. The molecule has 0 bridgehead atoms. The van der Waals surface area contributed by atoms with E-state index in [1.54, 1.807) is 13.0 Å². The monoisotopic (exact) mass is 377 g/mol. The number of halogens is 2. The summed E-state index contributed by atoms with van der Waals surface area (Å²) in [5, 5.41) is 14.6. The van der Waals surface area contributed by atoms with E-state index in [1.165, 1.54) is 19.3 Å². The van der Waals surface area contributed by atoms with E-state index in [9.17, 15) is 10.1 Å². The number of nitro groups is 1. The maximum Gasteiger partial charge on any atom is 0.272 e. The molecule has 0 radical (unpaired) electrons. The fourth-order valence-electron chi connectivity index (χ4n) is 3.17. The highest BCUT2D eigenvalue weighted by Crippen LogP contribution is 2.30. The van der Waals surface area contributed by atoms with Crippen LogP contribution in [0.2, 0.25) is 0 Å². The average Bonchev–Trinajstić information content (AvgIpc) is 2.53. The van der Waals surface area contributed by atoms with Crippen LogP contribution in [-0.4, -0.2) is 36.0 Å². The number of hydrogen-bond donors (Lipinski definition) is 1. The molecule has 0 amide bonds. The molecule has 7 heteroatoms. The zero-order valence-corrected chi connectivity index (χ0v) is 16.1. The number of benzene rings is 1. The summed E-state index contributed by atoms with van der Waals surface area (Å²) in [6, 6.07) is 6.05. The highest BCUT2D eigenvalue weighted by atomic mass is 35.5. The fourth-order valence-corrected chi connectivity index (χ4v) is 3.17. The molecule has 1 atom stereocenters. The van der Waals surface area contributed by atoms with Crippen LogP contribution in [-0.2, 0) is 0 Å². The molecular weight excluding hydrogens is 349 g/mol. The lowest BCUT2D eigenvalue weighted by atomic mass is 9.96. The zero-order chi connectivity index (χ0) is 15.9. The Balaban J connectivity index is 0.00000264. The second kappa shape index (κ2) is 11.6. The van der Waals surface area contributed by atoms with Gasteiger partial charge in [-0.05, 0) is 18.9 Å². The van der Waals surface area contributed by atoms with E-state index in [0.717, 1.165) is 43.7 Å². The summed E-state index contributed by atoms with van der Waals surface area (Å²) in [4.78, 5) is 13.4. The standard InChI is InChI=1S/C17H27N3O2.2ClH/c1-3-4-5-6-16(19-11-9-18-10-12-19)15-8-7-14(2)17(13-15)20(21)22;;/h7-8,13,16,18H,3-6,9-12H2,1-2H3;2*1H/t16-;;/m1../s1. The van der Waals surface area contributed by atoms with Crippen molar-refractivity contribution >= 4 is 30.5 Å². The van der Waals surface area contributed by atoms with Gasteiger partial charge in [0.2, 0.25) is 0 Å². The van der Waals surface area contributed by atoms with Crippen molar-refractivity contribution in [1.82, 2.24) is 10.2 Å². The number of nitro benzene ring substituents is 1. The van der Waals surface area contributed by atoms with Gasteiger partial charge in [-0.1, -0.05) is 38.3 Å². The van der Waals surface area contributed by atoms with Crippen LogP contribution in [0.15, 0.2) is 18.2 Å². The molecule has 1 aromatic rings. The normalized spacial score (nSPS) is 15.9. The Labute approximate surface area is 157 Å². The van der Waals surface area contributed by atoms with Crippen molar-refractivity contribution < 1.29 is 4.92 Å². The van der Waals surface area contributed by atoms with Crippen LogP contribution in [0.3, 0.4) is 0 Å². The van der Waals surface area contributed by atoms with Gasteiger partial charge in [0, 0.05) is 43.9 Å². The summed E-state index contributed by atoms with van der Waals surface area (Å²) in [6.45, 7) is 8.03. The third-order valence-electron chi connectivity index (χ3n) is 4.49. The highest BCUT2D eigenvalue weighted by Gasteiger charge is 2.24. The summed E-state index contributed by atoms with van der Waals surface area (Å²) in [6.07, 6.45) is 4.67. The molecule has 0 unspecified atom stereocenters. The van der Waals surface area contributed by atoms with Crippen molar-refractivity contribution in [1.29, 1.82) is 0 Å². The maximum atomic E-state index is 11.2. The predicted molar refractivity (Wildman–Crippen MR) is 104 cm³/mol. The Morgan fingerprint density at radius 3 is 2.50 bits per heavy atom. The molecule has 5 nitrogen and oxygen atoms in total. The summed E-state index contributed by atoms with van der Waals surface area (Å²) in [7, 11) is 0. The summed E-state index contributed by atoms with van der Waals surface area (Å²) in [5.41, 5.74) is 2.07. The van der Waals surface area contributed by atoms with E-state index >= 15 is 0 Å². The summed E-state index contributed by atoms with van der Waals surface area (Å²) in [5.74, 6) is 0. The lowest BCUT2D eigenvalue weighted by Crippen LogP contribution is -2.45. The van der Waals surface area contributed by atoms with Crippen molar-refractivity contribution in [3.8, 4) is 0 Å². The van der Waals surface area contributed by atoms with Gasteiger partial charge in [0.25, 0.3) is 5.69 Å². The zero-order valence-electron chi connectivity index (χ0n) is 14.5. The first kappa shape index (κ1) is 23.1. The molecule has 1 saturated heterocycles. The lowest BCUT2D eigenvalue weighted by molar-refractivity contribution is -0.385. The fraction of sp³-hybridized carbons (Fsp3) is 0.647. The minimum absolute atomic E-state index is 0. The van der Waals surface area contributed by atoms with Gasteiger partial charge in [-0.2, -0.15) is 0 Å². The number of hydrogen-bond acceptors (Lipinski definition) is 4. The second-order valence-electron chi connectivity index (χ2n) is 6.10. The molecule has 0 aromatic heterocycles. The second-order valence-corrected chi connectivity index (χ2v) is 6.10. The number of piperazine rings is 1. The van der Waals surface area contributed by atoms with E-state index < -0.39 is 0 Å². The molecule has 1 aromatic carbocycles. The van der Waals surface area contributed by atoms with Gasteiger partial charge in [-0.25, -0.2) is 0 Å². The summed E-state index contributed by atoms with van der Waals surface area (Å²) >= 11 is 0. The molecule has 0 aliphatic carbocycles. The van der Waals surface area contributed by atoms with Crippen LogP contribution in [0.4, 0.5) is 5.69 Å². The average molecular weight is 378 g/mol. The van der Waals surface area contributed by atoms with Crippen LogP contribution < -0.4 is 5.32 Å². The molecule has 1 fully saturated rings. The number of aryl methyl sites for hydroxylation is 1. The van der Waals surface area contributed by atoms with E-state index in [1.807, 2.05) is 6.07 Å². The van der Waals surface area contributed by atoms with Crippen molar-refractivity contribution in [3.05, 3.63) is 39.4 Å². The first-order valence-electron chi connectivity index (χ1n) is 8.33. The van der Waals surface area contributed by atoms with Gasteiger partial charge in [-0.3, -0.25) is 15.0 Å². The van der Waals surface area contributed by atoms with Crippen molar-refractivity contribution in [3.63, 3.8) is 0 Å². The Morgan fingerprint density at radius 1 is 1.25 bits per heavy atom. The minimum Gasteiger partial charge on any atom is -0.314 e. The van der Waals surface area contributed by atoms with Gasteiger partial charge in [0.05, 0.1) is 4.92 Å². The number of rotatable bonds is 7. The van der Waals surface area contributed by atoms with Crippen molar-refractivity contribution in [2.75, 3.05) is 26.2 Å². The van der Waals surface area contributed by atoms with Gasteiger partial charge in [0.15, 0.2) is 0 Å². The molecule has 2 rings (SSSR count). The third-order valence-corrected chi connectivity index (χ3v) is 4.49. The smallest absolute Gasteiger partial charge is 0.272 e. The predicted octanol–water partition coefficient (Wildman–Crippen LogP) is 4.27.